The van der Waals surface area contributed by atoms with E-state index in [0.717, 1.165) is 0 Å². The smallest absolute Gasteiger partial charge is 0.243 e. The van der Waals surface area contributed by atoms with Gasteiger partial charge in [0.1, 0.15) is 0 Å². The summed E-state index contributed by atoms with van der Waals surface area (Å²) in [6.07, 6.45) is 0.974. The molecule has 5 heteroatoms. The monoisotopic (exact) mass is 273 g/mol. The van der Waals surface area contributed by atoms with E-state index < -0.39 is 0 Å². The molecule has 2 aromatic rings. The zero-order valence-electron chi connectivity index (χ0n) is 11.8. The lowest BCUT2D eigenvalue weighted by molar-refractivity contribution is 0.191. The highest BCUT2D eigenvalue weighted by Crippen LogP contribution is 2.22. The second-order valence-corrected chi connectivity index (χ2v) is 5.57. The average molecular weight is 273 g/mol. The number of aliphatic hydroxyl groups excluding tert-OH is 1. The Labute approximate surface area is 118 Å². The highest BCUT2D eigenvalue weighted by molar-refractivity contribution is 5.30. The number of aryl methyl sites for hydroxylation is 2. The third kappa shape index (κ3) is 2.89. The van der Waals surface area contributed by atoms with Gasteiger partial charge in [-0.25, -0.2) is 0 Å². The second kappa shape index (κ2) is 5.34. The van der Waals surface area contributed by atoms with Gasteiger partial charge in [-0.2, -0.15) is 4.98 Å². The summed E-state index contributed by atoms with van der Waals surface area (Å²) in [5.74, 6) is 1.26. The largest absolute Gasteiger partial charge is 0.392 e. The van der Waals surface area contributed by atoms with Crippen LogP contribution in [0.2, 0.25) is 0 Å². The van der Waals surface area contributed by atoms with Gasteiger partial charge in [-0.05, 0) is 25.8 Å². The van der Waals surface area contributed by atoms with Crippen molar-refractivity contribution in [1.82, 2.24) is 15.5 Å². The standard InChI is InChI=1S/C15H19N3O2/c1-9-3-10(2)5-11(4-9)6-14-17-15(20-18-14)13-7-12(19)8-16-13/h3-5,12-13,16,19H,6-8H2,1-2H3/t12-,13-/m1/s1. The molecule has 1 aromatic heterocycles. The van der Waals surface area contributed by atoms with Crippen LogP contribution in [-0.4, -0.2) is 27.9 Å². The molecular weight excluding hydrogens is 254 g/mol. The number of β-amino-alcohol motifs (C(OH)–C–C–N with tert-alkyl or cyclic N) is 1. The highest BCUT2D eigenvalue weighted by atomic mass is 16.5. The lowest BCUT2D eigenvalue weighted by atomic mass is 10.1. The fourth-order valence-electron chi connectivity index (χ4n) is 2.74. The van der Waals surface area contributed by atoms with Crippen LogP contribution in [-0.2, 0) is 6.42 Å². The van der Waals surface area contributed by atoms with Crippen LogP contribution in [0.5, 0.6) is 0 Å². The third-order valence-corrected chi connectivity index (χ3v) is 3.53. The number of hydrogen-bond acceptors (Lipinski definition) is 5. The van der Waals surface area contributed by atoms with Crippen molar-refractivity contribution in [2.45, 2.75) is 38.8 Å². The molecule has 0 saturated carbocycles. The Bertz CT molecular complexity index is 589. The molecule has 2 atom stereocenters. The Morgan fingerprint density at radius 1 is 1.30 bits per heavy atom. The molecule has 0 spiro atoms. The van der Waals surface area contributed by atoms with Gasteiger partial charge in [0.15, 0.2) is 5.82 Å². The van der Waals surface area contributed by atoms with E-state index in [1.807, 2.05) is 0 Å². The molecule has 0 aliphatic carbocycles. The van der Waals surface area contributed by atoms with Crippen molar-refractivity contribution in [2.75, 3.05) is 6.54 Å². The minimum atomic E-state index is -0.324. The Morgan fingerprint density at radius 3 is 2.70 bits per heavy atom. The molecule has 20 heavy (non-hydrogen) atoms. The van der Waals surface area contributed by atoms with E-state index in [0.29, 0.717) is 31.1 Å². The number of nitrogens with one attached hydrogen (secondary N) is 1. The van der Waals surface area contributed by atoms with Crippen molar-refractivity contribution in [3.63, 3.8) is 0 Å². The van der Waals surface area contributed by atoms with Crippen LogP contribution >= 0.6 is 0 Å². The molecule has 1 aliphatic heterocycles. The first-order valence-electron chi connectivity index (χ1n) is 6.91. The van der Waals surface area contributed by atoms with Crippen molar-refractivity contribution in [1.29, 1.82) is 0 Å². The number of rotatable bonds is 3. The van der Waals surface area contributed by atoms with Crippen molar-refractivity contribution in [2.24, 2.45) is 0 Å². The molecule has 0 unspecified atom stereocenters. The summed E-state index contributed by atoms with van der Waals surface area (Å²) in [5.41, 5.74) is 3.67. The van der Waals surface area contributed by atoms with E-state index in [9.17, 15) is 5.11 Å². The molecule has 1 fully saturated rings. The van der Waals surface area contributed by atoms with E-state index >= 15 is 0 Å². The van der Waals surface area contributed by atoms with Crippen molar-refractivity contribution in [3.05, 3.63) is 46.6 Å². The van der Waals surface area contributed by atoms with Crippen LogP contribution in [0, 0.1) is 13.8 Å². The van der Waals surface area contributed by atoms with Crippen LogP contribution in [0.1, 0.15) is 40.9 Å². The van der Waals surface area contributed by atoms with Gasteiger partial charge in [0.05, 0.1) is 12.1 Å². The van der Waals surface area contributed by atoms with Crippen LogP contribution in [0.15, 0.2) is 22.7 Å². The van der Waals surface area contributed by atoms with Crippen LogP contribution in [0.3, 0.4) is 0 Å². The molecule has 5 nitrogen and oxygen atoms in total. The summed E-state index contributed by atoms with van der Waals surface area (Å²) in [5, 5.41) is 16.7. The van der Waals surface area contributed by atoms with Crippen molar-refractivity contribution < 1.29 is 9.63 Å². The Kier molecular flexibility index (Phi) is 3.54. The van der Waals surface area contributed by atoms with Gasteiger partial charge in [0.25, 0.3) is 0 Å². The molecule has 1 saturated heterocycles. The fourth-order valence-corrected chi connectivity index (χ4v) is 2.74. The molecule has 2 heterocycles. The molecule has 106 valence electrons. The maximum atomic E-state index is 9.51. The van der Waals surface area contributed by atoms with Gasteiger partial charge in [0, 0.05) is 13.0 Å². The molecule has 0 amide bonds. The van der Waals surface area contributed by atoms with Crippen molar-refractivity contribution >= 4 is 0 Å². The summed E-state index contributed by atoms with van der Waals surface area (Å²) in [6.45, 7) is 4.75. The minimum absolute atomic E-state index is 0.0227. The summed E-state index contributed by atoms with van der Waals surface area (Å²) in [7, 11) is 0. The first kappa shape index (κ1) is 13.3. The molecule has 1 aromatic carbocycles. The highest BCUT2D eigenvalue weighted by Gasteiger charge is 2.28. The second-order valence-electron chi connectivity index (χ2n) is 5.57. The van der Waals surface area contributed by atoms with Gasteiger partial charge in [-0.1, -0.05) is 34.5 Å². The maximum absolute atomic E-state index is 9.51. The SMILES string of the molecule is Cc1cc(C)cc(Cc2noc([C@H]3C[C@@H](O)CN3)n2)c1. The summed E-state index contributed by atoms with van der Waals surface area (Å²) >= 11 is 0. The van der Waals surface area contributed by atoms with Gasteiger partial charge >= 0.3 is 0 Å². The lowest BCUT2D eigenvalue weighted by Crippen LogP contribution is -2.15. The van der Waals surface area contributed by atoms with Gasteiger partial charge in [-0.15, -0.1) is 0 Å². The Morgan fingerprint density at radius 2 is 2.05 bits per heavy atom. The number of aliphatic hydroxyl groups is 1. The van der Waals surface area contributed by atoms with E-state index in [-0.39, 0.29) is 12.1 Å². The molecule has 0 radical (unpaired) electrons. The molecule has 2 N–H and O–H groups in total. The predicted octanol–water partition coefficient (Wildman–Crippen LogP) is 1.67. The molecule has 3 rings (SSSR count). The zero-order chi connectivity index (χ0) is 14.1. The van der Waals surface area contributed by atoms with Gasteiger partial charge in [0.2, 0.25) is 5.89 Å². The fraction of sp³-hybridized carbons (Fsp3) is 0.467. The molecule has 1 aliphatic rings. The lowest BCUT2D eigenvalue weighted by Gasteiger charge is -2.02. The summed E-state index contributed by atoms with van der Waals surface area (Å²) in [4.78, 5) is 4.43. The zero-order valence-corrected chi connectivity index (χ0v) is 11.8. The summed E-state index contributed by atoms with van der Waals surface area (Å²) < 4.78 is 5.29. The minimum Gasteiger partial charge on any atom is -0.392 e. The van der Waals surface area contributed by atoms with E-state index in [1.54, 1.807) is 0 Å². The Hall–Kier alpha value is -1.72. The third-order valence-electron chi connectivity index (χ3n) is 3.53. The Balaban J connectivity index is 1.73. The topological polar surface area (TPSA) is 71.2 Å². The van der Waals surface area contributed by atoms with E-state index in [2.05, 4.69) is 47.5 Å². The quantitative estimate of drug-likeness (QED) is 0.890. The first-order chi connectivity index (χ1) is 9.60. The number of hydrogen-bond donors (Lipinski definition) is 2. The number of benzene rings is 1. The predicted molar refractivity (Wildman–Crippen MR) is 74.4 cm³/mol. The van der Waals surface area contributed by atoms with Crippen LogP contribution < -0.4 is 5.32 Å². The molecule has 0 bridgehead atoms. The van der Waals surface area contributed by atoms with Crippen LogP contribution in [0.4, 0.5) is 0 Å². The van der Waals surface area contributed by atoms with Crippen molar-refractivity contribution in [3.8, 4) is 0 Å². The van der Waals surface area contributed by atoms with E-state index in [1.165, 1.54) is 16.7 Å². The van der Waals surface area contributed by atoms with Gasteiger partial charge in [-0.3, -0.25) is 0 Å². The van der Waals surface area contributed by atoms with E-state index in [4.69, 9.17) is 4.52 Å². The van der Waals surface area contributed by atoms with Gasteiger partial charge < -0.3 is 14.9 Å². The summed E-state index contributed by atoms with van der Waals surface area (Å²) in [6, 6.07) is 6.40. The number of nitrogens with zero attached hydrogens (tertiary/aromatic N) is 2. The first-order valence-corrected chi connectivity index (χ1v) is 6.91. The van der Waals surface area contributed by atoms with Crippen LogP contribution in [0.25, 0.3) is 0 Å². The normalized spacial score (nSPS) is 22.4. The maximum Gasteiger partial charge on any atom is 0.243 e. The average Bonchev–Trinajstić information content (AvgIpc) is 2.96. The number of aromatic nitrogens is 2. The molecular formula is C15H19N3O2.